The molecule has 3 unspecified atom stereocenters. The lowest BCUT2D eigenvalue weighted by molar-refractivity contribution is 0.233. The zero-order valence-corrected chi connectivity index (χ0v) is 12.0. The van der Waals surface area contributed by atoms with Crippen molar-refractivity contribution in [2.75, 3.05) is 0 Å². The first-order valence-electron chi connectivity index (χ1n) is 7.62. The van der Waals surface area contributed by atoms with Gasteiger partial charge in [-0.1, -0.05) is 33.1 Å². The van der Waals surface area contributed by atoms with E-state index in [4.69, 9.17) is 0 Å². The third-order valence-corrected chi connectivity index (χ3v) is 4.36. The summed E-state index contributed by atoms with van der Waals surface area (Å²) in [6, 6.07) is 4.15. The Morgan fingerprint density at radius 2 is 2.11 bits per heavy atom. The topological polar surface area (TPSA) is 24.9 Å². The Morgan fingerprint density at radius 3 is 2.74 bits per heavy atom. The molecule has 0 saturated heterocycles. The second-order valence-electron chi connectivity index (χ2n) is 5.59. The van der Waals surface area contributed by atoms with E-state index in [1.165, 1.54) is 44.4 Å². The van der Waals surface area contributed by atoms with Crippen molar-refractivity contribution in [1.29, 1.82) is 0 Å². The first-order valence-corrected chi connectivity index (χ1v) is 7.62. The molecule has 0 radical (unpaired) electrons. The Balaban J connectivity index is 2.03. The van der Waals surface area contributed by atoms with E-state index in [1.54, 1.807) is 6.07 Å². The van der Waals surface area contributed by atoms with Crippen LogP contribution in [0.1, 0.15) is 64.1 Å². The number of rotatable bonds is 5. The van der Waals surface area contributed by atoms with E-state index in [1.807, 2.05) is 0 Å². The standard InChI is InChI=1S/C16H25FN2/c1-3-12-7-5-6-8-15(12)19-14(4-2)16-10-9-13(17)11-18-16/h9-12,14-15,19H,3-8H2,1-2H3. The summed E-state index contributed by atoms with van der Waals surface area (Å²) in [4.78, 5) is 4.23. The molecule has 1 saturated carbocycles. The van der Waals surface area contributed by atoms with Crippen LogP contribution in [0.2, 0.25) is 0 Å². The van der Waals surface area contributed by atoms with Crippen LogP contribution in [0.15, 0.2) is 18.3 Å². The van der Waals surface area contributed by atoms with Crippen LogP contribution in [0.25, 0.3) is 0 Å². The summed E-state index contributed by atoms with van der Waals surface area (Å²) in [6.45, 7) is 4.44. The van der Waals surface area contributed by atoms with Gasteiger partial charge in [-0.3, -0.25) is 4.98 Å². The van der Waals surface area contributed by atoms with Gasteiger partial charge in [0.25, 0.3) is 0 Å². The Kier molecular flexibility index (Phi) is 5.32. The van der Waals surface area contributed by atoms with Crippen LogP contribution in [-0.2, 0) is 0 Å². The van der Waals surface area contributed by atoms with E-state index < -0.39 is 0 Å². The number of aromatic nitrogens is 1. The molecule has 1 aromatic heterocycles. The average molecular weight is 264 g/mol. The fourth-order valence-electron chi connectivity index (χ4n) is 3.18. The lowest BCUT2D eigenvalue weighted by Crippen LogP contribution is -2.40. The SMILES string of the molecule is CCC(NC1CCCCC1CC)c1ccc(F)cn1. The summed E-state index contributed by atoms with van der Waals surface area (Å²) in [5.74, 6) is 0.519. The van der Waals surface area contributed by atoms with Crippen molar-refractivity contribution in [3.05, 3.63) is 29.8 Å². The fourth-order valence-corrected chi connectivity index (χ4v) is 3.18. The molecule has 1 aliphatic carbocycles. The van der Waals surface area contributed by atoms with Crippen molar-refractivity contribution in [2.45, 2.75) is 64.5 Å². The van der Waals surface area contributed by atoms with Gasteiger partial charge in [-0.05, 0) is 37.3 Å². The zero-order valence-electron chi connectivity index (χ0n) is 12.0. The van der Waals surface area contributed by atoms with E-state index in [2.05, 4.69) is 24.1 Å². The predicted molar refractivity (Wildman–Crippen MR) is 76.4 cm³/mol. The summed E-state index contributed by atoms with van der Waals surface area (Å²) in [7, 11) is 0. The molecule has 1 aliphatic rings. The molecule has 0 amide bonds. The molecule has 1 fully saturated rings. The van der Waals surface area contributed by atoms with Crippen molar-refractivity contribution in [3.8, 4) is 0 Å². The molecule has 1 heterocycles. The first kappa shape index (κ1) is 14.4. The minimum Gasteiger partial charge on any atom is -0.306 e. The maximum Gasteiger partial charge on any atom is 0.141 e. The van der Waals surface area contributed by atoms with Crippen LogP contribution >= 0.6 is 0 Å². The number of halogens is 1. The maximum absolute atomic E-state index is 12.9. The van der Waals surface area contributed by atoms with Crippen molar-refractivity contribution >= 4 is 0 Å². The summed E-state index contributed by atoms with van der Waals surface area (Å²) in [5, 5.41) is 3.76. The predicted octanol–water partition coefficient (Wildman–Crippen LogP) is 4.23. The van der Waals surface area contributed by atoms with Crippen LogP contribution in [0.3, 0.4) is 0 Å². The van der Waals surface area contributed by atoms with E-state index in [0.717, 1.165) is 18.0 Å². The van der Waals surface area contributed by atoms with Crippen molar-refractivity contribution in [3.63, 3.8) is 0 Å². The molecular formula is C16H25FN2. The Bertz CT molecular complexity index is 377. The Morgan fingerprint density at radius 1 is 1.32 bits per heavy atom. The van der Waals surface area contributed by atoms with Gasteiger partial charge in [-0.25, -0.2) is 4.39 Å². The Hall–Kier alpha value is -0.960. The number of hydrogen-bond donors (Lipinski definition) is 1. The third kappa shape index (κ3) is 3.75. The number of pyridine rings is 1. The monoisotopic (exact) mass is 264 g/mol. The average Bonchev–Trinajstić information content (AvgIpc) is 2.46. The van der Waals surface area contributed by atoms with Crippen LogP contribution in [0.4, 0.5) is 4.39 Å². The van der Waals surface area contributed by atoms with Crippen LogP contribution in [-0.4, -0.2) is 11.0 Å². The summed E-state index contributed by atoms with van der Waals surface area (Å²) >= 11 is 0. The highest BCUT2D eigenvalue weighted by Crippen LogP contribution is 2.29. The smallest absolute Gasteiger partial charge is 0.141 e. The van der Waals surface area contributed by atoms with E-state index in [0.29, 0.717) is 6.04 Å². The number of nitrogens with zero attached hydrogens (tertiary/aromatic N) is 1. The van der Waals surface area contributed by atoms with Crippen molar-refractivity contribution in [2.24, 2.45) is 5.92 Å². The van der Waals surface area contributed by atoms with Gasteiger partial charge in [-0.15, -0.1) is 0 Å². The molecule has 0 aliphatic heterocycles. The zero-order chi connectivity index (χ0) is 13.7. The Labute approximate surface area is 115 Å². The highest BCUT2D eigenvalue weighted by Gasteiger charge is 2.26. The largest absolute Gasteiger partial charge is 0.306 e. The number of hydrogen-bond acceptors (Lipinski definition) is 2. The normalized spacial score (nSPS) is 25.2. The molecule has 3 heteroatoms. The highest BCUT2D eigenvalue weighted by atomic mass is 19.1. The van der Waals surface area contributed by atoms with Crippen molar-refractivity contribution in [1.82, 2.24) is 10.3 Å². The molecule has 1 aromatic rings. The molecular weight excluding hydrogens is 239 g/mol. The highest BCUT2D eigenvalue weighted by molar-refractivity contribution is 5.10. The van der Waals surface area contributed by atoms with Crippen LogP contribution < -0.4 is 5.32 Å². The summed E-state index contributed by atoms with van der Waals surface area (Å²) in [5.41, 5.74) is 0.962. The number of nitrogens with one attached hydrogen (secondary N) is 1. The summed E-state index contributed by atoms with van der Waals surface area (Å²) < 4.78 is 12.9. The molecule has 1 N–H and O–H groups in total. The van der Waals surface area contributed by atoms with Crippen LogP contribution in [0.5, 0.6) is 0 Å². The van der Waals surface area contributed by atoms with E-state index in [9.17, 15) is 4.39 Å². The first-order chi connectivity index (χ1) is 9.24. The second kappa shape index (κ2) is 6.99. The van der Waals surface area contributed by atoms with Gasteiger partial charge in [0.15, 0.2) is 0 Å². The third-order valence-electron chi connectivity index (χ3n) is 4.36. The minimum atomic E-state index is -0.261. The van der Waals surface area contributed by atoms with Crippen molar-refractivity contribution < 1.29 is 4.39 Å². The van der Waals surface area contributed by atoms with Gasteiger partial charge in [0, 0.05) is 12.1 Å². The molecule has 0 aromatic carbocycles. The molecule has 19 heavy (non-hydrogen) atoms. The lowest BCUT2D eigenvalue weighted by Gasteiger charge is -2.34. The summed E-state index contributed by atoms with van der Waals surface area (Å²) in [6.07, 6.45) is 8.83. The second-order valence-corrected chi connectivity index (χ2v) is 5.59. The molecule has 2 nitrogen and oxygen atoms in total. The quantitative estimate of drug-likeness (QED) is 0.861. The van der Waals surface area contributed by atoms with E-state index >= 15 is 0 Å². The van der Waals surface area contributed by atoms with Gasteiger partial charge in [0.05, 0.1) is 11.9 Å². The maximum atomic E-state index is 12.9. The van der Waals surface area contributed by atoms with Crippen LogP contribution in [0, 0.1) is 11.7 Å². The molecule has 106 valence electrons. The van der Waals surface area contributed by atoms with E-state index in [-0.39, 0.29) is 11.9 Å². The van der Waals surface area contributed by atoms with Gasteiger partial charge in [0.1, 0.15) is 5.82 Å². The fraction of sp³-hybridized carbons (Fsp3) is 0.688. The molecule has 0 spiro atoms. The van der Waals surface area contributed by atoms with Gasteiger partial charge >= 0.3 is 0 Å². The van der Waals surface area contributed by atoms with Gasteiger partial charge < -0.3 is 5.32 Å². The minimum absolute atomic E-state index is 0.248. The molecule has 0 bridgehead atoms. The molecule has 2 rings (SSSR count). The molecule has 3 atom stereocenters. The van der Waals surface area contributed by atoms with Gasteiger partial charge in [-0.2, -0.15) is 0 Å². The lowest BCUT2D eigenvalue weighted by atomic mass is 9.82. The van der Waals surface area contributed by atoms with Gasteiger partial charge in [0.2, 0.25) is 0 Å².